The van der Waals surface area contributed by atoms with Gasteiger partial charge in [0.1, 0.15) is 48.5 Å². The molecule has 0 aliphatic carbocycles. The van der Waals surface area contributed by atoms with Crippen molar-refractivity contribution in [3.63, 3.8) is 0 Å². The minimum absolute atomic E-state index is 0.0558. The van der Waals surface area contributed by atoms with Crippen LogP contribution in [-0.2, 0) is 63.6 Å². The Hall–Kier alpha value is -7.16. The van der Waals surface area contributed by atoms with Crippen molar-refractivity contribution in [2.75, 3.05) is 109 Å². The molecule has 8 aliphatic rings. The predicted octanol–water partition coefficient (Wildman–Crippen LogP) is 14.3. The van der Waals surface area contributed by atoms with Crippen LogP contribution in [0.4, 0.5) is 0 Å². The number of methoxy groups -OCH3 is 8. The molecule has 0 spiro atoms. The second-order valence-electron chi connectivity index (χ2n) is 26.9. The fourth-order valence-electron chi connectivity index (χ4n) is 13.2. The number of nitrogens with two attached hydrogens (primary N) is 4. The molecule has 8 N–H and O–H groups in total. The molecule has 24 heteroatoms. The van der Waals surface area contributed by atoms with Crippen molar-refractivity contribution in [1.82, 2.24) is 19.6 Å². The van der Waals surface area contributed by atoms with E-state index in [-0.39, 0.29) is 17.1 Å². The van der Waals surface area contributed by atoms with Crippen LogP contribution >= 0.6 is 0 Å². The molecule has 0 aromatic heterocycles. The summed E-state index contributed by atoms with van der Waals surface area (Å²) in [5.41, 5.74) is 17.8. The third-order valence-electron chi connectivity index (χ3n) is 18.8. The molecule has 120 heavy (non-hydrogen) atoms. The van der Waals surface area contributed by atoms with Gasteiger partial charge in [0.25, 0.3) is 0 Å². The van der Waals surface area contributed by atoms with Crippen molar-refractivity contribution >= 4 is 23.9 Å². The van der Waals surface area contributed by atoms with E-state index in [1.807, 2.05) is 0 Å². The van der Waals surface area contributed by atoms with Crippen LogP contribution in [0, 0.1) is 70.8 Å². The molecule has 0 saturated carbocycles. The Balaban J connectivity index is 0.000000295. The number of hydrogen-bond acceptors (Lipinski definition) is 24. The third kappa shape index (κ3) is 23.8. The number of nitrogens with zero attached hydrogens (tertiary/aromatic N) is 4. The minimum Gasteiger partial charge on any atom is -0.493 e. The normalized spacial score (nSPS) is 47.0. The molecule has 0 radical (unpaired) electrons. The molecule has 0 amide bonds. The van der Waals surface area contributed by atoms with Crippen molar-refractivity contribution < 1.29 is 193 Å². The standard InChI is InChI=1S/4C24H38N2O4/c4*1-14(2)9-17-13-26-8-7-16-10-21(28-5)22(29-6)11-18(16)19(26)12-20(17)30-24(27)23(25)15(3)4/h4*10-11,14-15,17,19-20,23H,7-9,12-13,25H2,1-6H3/t4*17?,19?,20?,23-/m0000/s1/i1D3,3D3,4D3,7D2,8D2,9D2,10D,11D,14D,15D,19D,20D,23D;2*1D3,3D3,4D3,5D3,7D2,8D2,9D2,14D,15D,19D,23D;1D3,3D3,4D3,7D2,8D2,9D2,14D,15D,19D,23D/t4*14?,17?,19?,20?,23-. The van der Waals surface area contributed by atoms with Gasteiger partial charge in [0.05, 0.1) is 80.0 Å². The Morgan fingerprint density at radius 3 is 0.967 bits per heavy atom. The molecule has 4 aromatic rings. The van der Waals surface area contributed by atoms with Crippen LogP contribution in [0.1, 0.15) is 346 Å². The van der Waals surface area contributed by atoms with Gasteiger partial charge in [0.15, 0.2) is 46.0 Å². The summed E-state index contributed by atoms with van der Waals surface area (Å²) in [6, 6.07) is -23.3. The zero-order chi connectivity index (χ0) is 162. The van der Waals surface area contributed by atoms with E-state index in [1.165, 1.54) is 14.2 Å². The highest BCUT2D eigenvalue weighted by molar-refractivity contribution is 5.77. The van der Waals surface area contributed by atoms with E-state index >= 15 is 0 Å². The van der Waals surface area contributed by atoms with Crippen molar-refractivity contribution in [3.05, 3.63) is 93.0 Å². The fraction of sp³-hybridized carbons (Fsp3) is 0.708. The van der Waals surface area contributed by atoms with Crippen LogP contribution in [0.3, 0.4) is 0 Å². The molecule has 8 heterocycles. The van der Waals surface area contributed by atoms with Crippen molar-refractivity contribution in [3.8, 4) is 46.0 Å². The van der Waals surface area contributed by atoms with Crippen LogP contribution in [-0.4, -0.2) is 201 Å². The average Bonchev–Trinajstić information content (AvgIpc) is 0.664. The van der Waals surface area contributed by atoms with Crippen LogP contribution < -0.4 is 60.8 Å². The Morgan fingerprint density at radius 1 is 0.383 bits per heavy atom. The molecule has 4 aromatic carbocycles. The number of carbonyl (C=O) groups excluding carboxylic acids is 4. The molecular weight excluding hydrogens is 1520 g/mol. The fourth-order valence-corrected chi connectivity index (χ4v) is 13.2. The van der Waals surface area contributed by atoms with E-state index in [1.54, 1.807) is 0 Å². The zero-order valence-corrected chi connectivity index (χ0v) is 66.3. The summed E-state index contributed by atoms with van der Waals surface area (Å²) in [6.07, 6.45) is -41.7. The van der Waals surface area contributed by atoms with Crippen LogP contribution in [0.5, 0.6) is 46.0 Å². The topological polar surface area (TPSA) is 296 Å². The molecule has 672 valence electrons. The number of ether oxygens (including phenoxy) is 12. The van der Waals surface area contributed by atoms with Crippen LogP contribution in [0.25, 0.3) is 0 Å². The van der Waals surface area contributed by atoms with E-state index in [2.05, 4.69) is 0 Å². The molecule has 16 unspecified atom stereocenters. The van der Waals surface area contributed by atoms with Crippen molar-refractivity contribution in [2.24, 2.45) is 93.8 Å². The first-order chi connectivity index (χ1) is 89.8. The lowest BCUT2D eigenvalue weighted by Crippen LogP contribution is -2.51. The van der Waals surface area contributed by atoms with E-state index in [9.17, 15) is 26.0 Å². The lowest BCUT2D eigenvalue weighted by molar-refractivity contribution is -0.161. The first kappa shape index (κ1) is 33.3. The number of fused-ring (bicyclic) bond motifs is 12. The molecule has 24 nitrogen and oxygen atoms in total. The Morgan fingerprint density at radius 2 is 0.658 bits per heavy atom. The van der Waals surface area contributed by atoms with Gasteiger partial charge in [-0.1, -0.05) is 110 Å². The Kier molecular flexibility index (Phi) is 12.2. The summed E-state index contributed by atoms with van der Waals surface area (Å²) in [4.78, 5) is 56.6. The maximum atomic E-state index is 13.8. The Labute approximate surface area is 838 Å². The van der Waals surface area contributed by atoms with Gasteiger partial charge in [-0.05, 0) is 191 Å². The monoisotopic (exact) mass is 1760 g/mol. The third-order valence-corrected chi connectivity index (χ3v) is 18.8. The smallest absolute Gasteiger partial charge is 0.323 e. The highest BCUT2D eigenvalue weighted by atomic mass is 16.6. The zero-order valence-electron chi connectivity index (χ0n) is 151. The molecule has 4 saturated heterocycles. The lowest BCUT2D eigenvalue weighted by atomic mass is 9.79. The highest BCUT2D eigenvalue weighted by Gasteiger charge is 2.47. The molecule has 4 fully saturated rings. The maximum Gasteiger partial charge on any atom is 0.323 e. The number of rotatable bonds is 28. The number of piperidine rings is 4. The minimum atomic E-state index is -4.21. The van der Waals surface area contributed by atoms with Gasteiger partial charge in [0, 0.05) is 219 Å². The van der Waals surface area contributed by atoms with Crippen LogP contribution in [0.15, 0.2) is 48.5 Å². The van der Waals surface area contributed by atoms with Gasteiger partial charge in [-0.15, -0.1) is 0 Å². The lowest BCUT2D eigenvalue weighted by Gasteiger charge is -2.47. The van der Waals surface area contributed by atoms with Gasteiger partial charge in [0.2, 0.25) is 0 Å². The summed E-state index contributed by atoms with van der Waals surface area (Å²) < 4.78 is 765. The first-order valence-corrected chi connectivity index (χ1v) is 35.8. The van der Waals surface area contributed by atoms with Gasteiger partial charge < -0.3 is 79.8 Å². The van der Waals surface area contributed by atoms with Gasteiger partial charge >= 0.3 is 23.9 Å². The number of carbonyl (C=O) groups is 4. The SMILES string of the molecule is [2H]C([2H])([2H])Oc1cc2c(cc1OC)C1([2H])CC(OC(=O)[C@@]([2H])(N)C([2H])(C([2H])([2H])[2H])C([2H])([2H])[2H])C(C([2H])([2H])C([2H])(C)C([2H])([2H])[2H])CN1C([2H])([2H])C2([2H])[2H].[2H]C([2H])([2H])Oc1cc2c(cc1OC)C1([2H])CC(OC(=O)[C@@]([2H])(N)C([2H])(C([2H])([2H])[2H])C([2H])([2H])[2H])C(C([2H])([2H])C([2H])(C)C([2H])([2H])[2H])CN1C([2H])([2H])C2([2H])[2H].[2H]C12CC(OC(=O)[C@@]([2H])(N)C([2H])(C([2H])([2H])[2H])C([2H])([2H])[2H])C(C([2H])([2H])C([2H])(C)C([2H])([2H])[2H])CN1C([2H])([2H])C([2H])([2H])c1cc(OC)c(OC)cc12.[2H]c1c(OC)c(OC)c([2H])c2c1C1([2H])CC([2H])(OC(=O)[C@@]([2H])(N)C([2H])(C([2H])([2H])[2H])C([2H])([2H])[2H])C(C([2H])([2H])C([2H])(C)C([2H])([2H])[2H])CN1C([2H])([2H])C2([2H])[2H]. The second-order valence-corrected chi connectivity index (χ2v) is 26.9. The molecule has 0 bridgehead atoms. The van der Waals surface area contributed by atoms with E-state index in [0.717, 1.165) is 64.8 Å². The molecule has 12 rings (SSSR count). The van der Waals surface area contributed by atoms with Crippen LogP contribution in [0.2, 0.25) is 0 Å². The quantitative estimate of drug-likeness (QED) is 0.0303. The number of benzene rings is 4. The van der Waals surface area contributed by atoms with Gasteiger partial charge in [-0.25, -0.2) is 0 Å². The molecular formula is C96H152N8O16. The van der Waals surface area contributed by atoms with E-state index < -0.39 is 478 Å². The summed E-state index contributed by atoms with van der Waals surface area (Å²) in [7, 11) is 0.327. The molecule has 20 atom stereocenters. The molecule has 8 aliphatic heterocycles. The summed E-state index contributed by atoms with van der Waals surface area (Å²) in [6.45, 7) is -61.4. The predicted molar refractivity (Wildman–Crippen MR) is 471 cm³/mol. The maximum absolute atomic E-state index is 13.8. The number of aryl methyl sites for hydroxylation is 3. The highest BCUT2D eigenvalue weighted by Crippen LogP contribution is 2.50. The summed E-state index contributed by atoms with van der Waals surface area (Å²) >= 11 is 0. The number of esters is 4. The Bertz CT molecular complexity index is 7680. The first-order valence-electron chi connectivity index (χ1n) is 78.3. The summed E-state index contributed by atoms with van der Waals surface area (Å²) in [5, 5.41) is 0. The van der Waals surface area contributed by atoms with Crippen molar-refractivity contribution in [1.29, 1.82) is 0 Å². The van der Waals surface area contributed by atoms with E-state index in [4.69, 9.17) is 189 Å². The second kappa shape index (κ2) is 43.9. The average molecular weight is 1760 g/mol. The van der Waals surface area contributed by atoms with Gasteiger partial charge in [-0.3, -0.25) is 38.8 Å². The van der Waals surface area contributed by atoms with E-state index in [0.29, 0.717) is 47.3 Å². The largest absolute Gasteiger partial charge is 0.493 e. The van der Waals surface area contributed by atoms with Gasteiger partial charge in [-0.2, -0.15) is 0 Å². The number of hydrogen-bond donors (Lipinski definition) is 4. The summed E-state index contributed by atoms with van der Waals surface area (Å²) in [5.74, 6) is -50.7. The van der Waals surface area contributed by atoms with Crippen molar-refractivity contribution in [2.45, 2.75) is 259 Å².